The third-order valence-electron chi connectivity index (χ3n) is 2.34. The zero-order valence-corrected chi connectivity index (χ0v) is 8.39. The first-order chi connectivity index (χ1) is 7.38. The molecule has 0 saturated carbocycles. The summed E-state index contributed by atoms with van der Waals surface area (Å²) in [5, 5.41) is 0. The number of carbonyl (C=O) groups excluding carboxylic acids is 1. The van der Waals surface area contributed by atoms with Gasteiger partial charge in [0.2, 0.25) is 0 Å². The predicted molar refractivity (Wildman–Crippen MR) is 54.1 cm³/mol. The highest BCUT2D eigenvalue weighted by molar-refractivity contribution is 5.71. The van der Waals surface area contributed by atoms with Crippen LogP contribution in [0.3, 0.4) is 0 Å². The minimum absolute atomic E-state index is 0.204. The van der Waals surface area contributed by atoms with Crippen LogP contribution in [0.25, 0.3) is 0 Å². The molecule has 1 unspecified atom stereocenters. The molecule has 15 heavy (non-hydrogen) atoms. The molecule has 1 aliphatic heterocycles. The lowest BCUT2D eigenvalue weighted by Crippen LogP contribution is -2.16. The van der Waals surface area contributed by atoms with Gasteiger partial charge in [-0.25, -0.2) is 4.98 Å². The molecule has 0 radical (unpaired) electrons. The molecule has 0 spiro atoms. The molecule has 0 amide bonds. The summed E-state index contributed by atoms with van der Waals surface area (Å²) >= 11 is 0. The van der Waals surface area contributed by atoms with E-state index in [2.05, 4.69) is 4.98 Å². The standard InChI is InChI=1S/C11H13NO3/c13-7-9-3-4-10(6-12-9)15-8-11-2-1-5-14-11/h3-4,6-7,11H,1-2,5,8H2. The first kappa shape index (κ1) is 10.1. The molecule has 1 aromatic rings. The Balaban J connectivity index is 1.84. The zero-order valence-electron chi connectivity index (χ0n) is 8.39. The van der Waals surface area contributed by atoms with Crippen LogP contribution >= 0.6 is 0 Å². The fourth-order valence-corrected chi connectivity index (χ4v) is 1.51. The molecule has 0 N–H and O–H groups in total. The Morgan fingerprint density at radius 1 is 1.60 bits per heavy atom. The highest BCUT2D eigenvalue weighted by atomic mass is 16.5. The van der Waals surface area contributed by atoms with Gasteiger partial charge in [-0.2, -0.15) is 0 Å². The molecule has 1 aromatic heterocycles. The lowest BCUT2D eigenvalue weighted by atomic mass is 10.2. The Morgan fingerprint density at radius 2 is 2.53 bits per heavy atom. The summed E-state index contributed by atoms with van der Waals surface area (Å²) in [4.78, 5) is 14.3. The first-order valence-corrected chi connectivity index (χ1v) is 5.04. The van der Waals surface area contributed by atoms with Gasteiger partial charge in [-0.05, 0) is 25.0 Å². The van der Waals surface area contributed by atoms with Crippen molar-refractivity contribution < 1.29 is 14.3 Å². The molecule has 2 rings (SSSR count). The molecule has 1 saturated heterocycles. The average Bonchev–Trinajstić information content (AvgIpc) is 2.80. The summed E-state index contributed by atoms with van der Waals surface area (Å²) in [5.41, 5.74) is 0.416. The van der Waals surface area contributed by atoms with Gasteiger partial charge in [-0.3, -0.25) is 4.79 Å². The van der Waals surface area contributed by atoms with Crippen LogP contribution in [0.15, 0.2) is 18.3 Å². The van der Waals surface area contributed by atoms with E-state index in [1.807, 2.05) is 0 Å². The largest absolute Gasteiger partial charge is 0.489 e. The third-order valence-corrected chi connectivity index (χ3v) is 2.34. The maximum absolute atomic E-state index is 10.4. The van der Waals surface area contributed by atoms with Crippen LogP contribution in [-0.2, 0) is 4.74 Å². The molecule has 0 bridgehead atoms. The predicted octanol–water partition coefficient (Wildman–Crippen LogP) is 1.45. The monoisotopic (exact) mass is 207 g/mol. The summed E-state index contributed by atoms with van der Waals surface area (Å²) in [6.45, 7) is 1.39. The lowest BCUT2D eigenvalue weighted by Gasteiger charge is -2.10. The number of carbonyl (C=O) groups is 1. The molecule has 0 aromatic carbocycles. The van der Waals surface area contributed by atoms with Crippen molar-refractivity contribution in [1.82, 2.24) is 4.98 Å². The summed E-state index contributed by atoms with van der Waals surface area (Å²) in [6.07, 6.45) is 4.63. The van der Waals surface area contributed by atoms with Gasteiger partial charge in [0, 0.05) is 6.61 Å². The molecule has 2 heterocycles. The summed E-state index contributed by atoms with van der Waals surface area (Å²) in [5.74, 6) is 0.677. The minimum Gasteiger partial charge on any atom is -0.489 e. The van der Waals surface area contributed by atoms with Crippen LogP contribution in [0, 0.1) is 0 Å². The van der Waals surface area contributed by atoms with Gasteiger partial charge < -0.3 is 9.47 Å². The number of nitrogens with zero attached hydrogens (tertiary/aromatic N) is 1. The zero-order chi connectivity index (χ0) is 10.5. The van der Waals surface area contributed by atoms with Gasteiger partial charge in [0.25, 0.3) is 0 Å². The lowest BCUT2D eigenvalue weighted by molar-refractivity contribution is 0.0678. The second kappa shape index (κ2) is 4.89. The van der Waals surface area contributed by atoms with Crippen molar-refractivity contribution >= 4 is 6.29 Å². The minimum atomic E-state index is 0.204. The van der Waals surface area contributed by atoms with Gasteiger partial charge >= 0.3 is 0 Å². The average molecular weight is 207 g/mol. The number of rotatable bonds is 4. The number of aldehydes is 1. The molecule has 4 heteroatoms. The van der Waals surface area contributed by atoms with Crippen molar-refractivity contribution in [2.45, 2.75) is 18.9 Å². The fraction of sp³-hybridized carbons (Fsp3) is 0.455. The van der Waals surface area contributed by atoms with Crippen LogP contribution in [0.4, 0.5) is 0 Å². The van der Waals surface area contributed by atoms with E-state index in [0.717, 1.165) is 19.4 Å². The topological polar surface area (TPSA) is 48.4 Å². The fourth-order valence-electron chi connectivity index (χ4n) is 1.51. The maximum Gasteiger partial charge on any atom is 0.168 e. The SMILES string of the molecule is O=Cc1ccc(OCC2CCCO2)cn1. The van der Waals surface area contributed by atoms with Gasteiger partial charge in [-0.15, -0.1) is 0 Å². The molecule has 1 atom stereocenters. The van der Waals surface area contributed by atoms with Crippen molar-refractivity contribution in [3.05, 3.63) is 24.0 Å². The van der Waals surface area contributed by atoms with Gasteiger partial charge in [-0.1, -0.05) is 0 Å². The second-order valence-corrected chi connectivity index (χ2v) is 3.48. The summed E-state index contributed by atoms with van der Waals surface area (Å²) in [7, 11) is 0. The Kier molecular flexibility index (Phi) is 3.29. The number of pyridine rings is 1. The quantitative estimate of drug-likeness (QED) is 0.701. The van der Waals surface area contributed by atoms with Crippen LogP contribution in [0.1, 0.15) is 23.3 Å². The molecule has 80 valence electrons. The Morgan fingerprint density at radius 3 is 3.13 bits per heavy atom. The van der Waals surface area contributed by atoms with Gasteiger partial charge in [0.1, 0.15) is 18.1 Å². The summed E-state index contributed by atoms with van der Waals surface area (Å²) < 4.78 is 10.9. The highest BCUT2D eigenvalue weighted by Gasteiger charge is 2.15. The van der Waals surface area contributed by atoms with E-state index in [4.69, 9.17) is 9.47 Å². The van der Waals surface area contributed by atoms with Crippen molar-refractivity contribution in [1.29, 1.82) is 0 Å². The molecule has 1 aliphatic rings. The van der Waals surface area contributed by atoms with Crippen molar-refractivity contribution in [2.75, 3.05) is 13.2 Å². The van der Waals surface area contributed by atoms with Crippen molar-refractivity contribution in [3.8, 4) is 5.75 Å². The Hall–Kier alpha value is -1.42. The normalized spacial score (nSPS) is 20.1. The number of hydrogen-bond donors (Lipinski definition) is 0. The number of ether oxygens (including phenoxy) is 2. The van der Waals surface area contributed by atoms with Crippen LogP contribution in [-0.4, -0.2) is 30.6 Å². The van der Waals surface area contributed by atoms with Crippen molar-refractivity contribution in [2.24, 2.45) is 0 Å². The third kappa shape index (κ3) is 2.76. The number of aromatic nitrogens is 1. The Labute approximate surface area is 88.2 Å². The van der Waals surface area contributed by atoms with E-state index >= 15 is 0 Å². The molecule has 4 nitrogen and oxygen atoms in total. The van der Waals surface area contributed by atoms with Crippen molar-refractivity contribution in [3.63, 3.8) is 0 Å². The highest BCUT2D eigenvalue weighted by Crippen LogP contribution is 2.14. The van der Waals surface area contributed by atoms with Crippen LogP contribution in [0.5, 0.6) is 5.75 Å². The van der Waals surface area contributed by atoms with Gasteiger partial charge in [0.15, 0.2) is 6.29 Å². The van der Waals surface area contributed by atoms with E-state index < -0.39 is 0 Å². The molecule has 1 fully saturated rings. The van der Waals surface area contributed by atoms with E-state index in [0.29, 0.717) is 24.3 Å². The molecular formula is C11H13NO3. The first-order valence-electron chi connectivity index (χ1n) is 5.04. The van der Waals surface area contributed by atoms with E-state index in [1.54, 1.807) is 18.3 Å². The Bertz CT molecular complexity index is 317. The molecule has 0 aliphatic carbocycles. The van der Waals surface area contributed by atoms with Crippen LogP contribution < -0.4 is 4.74 Å². The maximum atomic E-state index is 10.4. The van der Waals surface area contributed by atoms with Crippen LogP contribution in [0.2, 0.25) is 0 Å². The second-order valence-electron chi connectivity index (χ2n) is 3.48. The van der Waals surface area contributed by atoms with Gasteiger partial charge in [0.05, 0.1) is 12.3 Å². The summed E-state index contributed by atoms with van der Waals surface area (Å²) in [6, 6.07) is 3.38. The van der Waals surface area contributed by atoms with E-state index in [-0.39, 0.29) is 6.10 Å². The molecular weight excluding hydrogens is 194 g/mol. The van der Waals surface area contributed by atoms with E-state index in [1.165, 1.54) is 0 Å². The number of hydrogen-bond acceptors (Lipinski definition) is 4. The smallest absolute Gasteiger partial charge is 0.168 e. The van der Waals surface area contributed by atoms with E-state index in [9.17, 15) is 4.79 Å².